The first kappa shape index (κ1) is 18.0. The Morgan fingerprint density at radius 3 is 2.46 bits per heavy atom. The number of hydrogen-bond acceptors (Lipinski definition) is 6. The van der Waals surface area contributed by atoms with E-state index >= 15 is 0 Å². The van der Waals surface area contributed by atoms with Crippen molar-refractivity contribution in [3.63, 3.8) is 0 Å². The highest BCUT2D eigenvalue weighted by molar-refractivity contribution is 7.88. The van der Waals surface area contributed by atoms with E-state index in [0.717, 1.165) is 17.8 Å². The Morgan fingerprint density at radius 1 is 1.15 bits per heavy atom. The molecule has 0 aliphatic carbocycles. The van der Waals surface area contributed by atoms with Crippen LogP contribution < -0.4 is 8.92 Å². The maximum atomic E-state index is 12.5. The molecule has 11 heteroatoms. The fourth-order valence-electron chi connectivity index (χ4n) is 2.21. The number of pyridine rings is 1. The Balaban J connectivity index is 1.93. The predicted molar refractivity (Wildman–Crippen MR) is 85.2 cm³/mol. The summed E-state index contributed by atoms with van der Waals surface area (Å²) in [5.74, 6) is 0.179. The molecule has 0 atom stereocenters. The van der Waals surface area contributed by atoms with E-state index in [1.54, 1.807) is 24.3 Å². The van der Waals surface area contributed by atoms with Crippen LogP contribution in [0.3, 0.4) is 0 Å². The second-order valence-electron chi connectivity index (χ2n) is 5.18. The molecule has 3 rings (SSSR count). The number of aromatic nitrogens is 3. The molecule has 3 aromatic rings. The van der Waals surface area contributed by atoms with Gasteiger partial charge in [0.25, 0.3) is 0 Å². The molecule has 0 unspecified atom stereocenters. The van der Waals surface area contributed by atoms with E-state index in [-0.39, 0.29) is 17.6 Å². The molecule has 26 heavy (non-hydrogen) atoms. The average Bonchev–Trinajstić information content (AvgIpc) is 2.98. The Morgan fingerprint density at radius 2 is 1.85 bits per heavy atom. The Bertz CT molecular complexity index is 1030. The molecule has 2 heterocycles. The summed E-state index contributed by atoms with van der Waals surface area (Å²) < 4.78 is 70.7. The summed E-state index contributed by atoms with van der Waals surface area (Å²) >= 11 is 0. The van der Waals surface area contributed by atoms with Gasteiger partial charge in [-0.25, -0.2) is 9.67 Å². The maximum Gasteiger partial charge on any atom is 0.534 e. The maximum absolute atomic E-state index is 12.5. The van der Waals surface area contributed by atoms with Crippen LogP contribution in [0, 0.1) is 0 Å². The van der Waals surface area contributed by atoms with Crippen LogP contribution in [-0.4, -0.2) is 35.8 Å². The summed E-state index contributed by atoms with van der Waals surface area (Å²) in [5, 5.41) is 4.10. The number of alkyl halides is 3. The zero-order valence-corrected chi connectivity index (χ0v) is 14.1. The van der Waals surface area contributed by atoms with E-state index in [9.17, 15) is 21.6 Å². The molecule has 0 saturated carbocycles. The van der Waals surface area contributed by atoms with Crippen LogP contribution in [-0.2, 0) is 16.7 Å². The molecule has 1 aromatic carbocycles. The van der Waals surface area contributed by atoms with Gasteiger partial charge in [-0.05, 0) is 17.7 Å². The lowest BCUT2D eigenvalue weighted by Gasteiger charge is -2.10. The van der Waals surface area contributed by atoms with Crippen LogP contribution in [0.5, 0.6) is 11.5 Å². The number of fused-ring (bicyclic) bond motifs is 1. The van der Waals surface area contributed by atoms with E-state index in [4.69, 9.17) is 4.74 Å². The van der Waals surface area contributed by atoms with Gasteiger partial charge in [-0.15, -0.1) is 0 Å². The first-order valence-electron chi connectivity index (χ1n) is 7.15. The van der Waals surface area contributed by atoms with Crippen molar-refractivity contribution in [2.75, 3.05) is 7.11 Å². The Kier molecular flexibility index (Phi) is 4.48. The predicted octanol–water partition coefficient (Wildman–Crippen LogP) is 2.72. The lowest BCUT2D eigenvalue weighted by Crippen LogP contribution is -2.28. The summed E-state index contributed by atoms with van der Waals surface area (Å²) in [4.78, 5) is 4.04. The number of benzene rings is 1. The highest BCUT2D eigenvalue weighted by atomic mass is 32.2. The lowest BCUT2D eigenvalue weighted by molar-refractivity contribution is -0.0499. The van der Waals surface area contributed by atoms with Crippen molar-refractivity contribution >= 4 is 21.2 Å². The number of rotatable bonds is 5. The van der Waals surface area contributed by atoms with E-state index in [1.807, 2.05) is 0 Å². The standard InChI is InChI=1S/C15H12F3N3O4S/c1-24-11-4-2-10(3-5-11)9-21-14-12(8-20-21)13(6-7-19-14)25-26(22,23)15(16,17)18/h2-8H,9H2,1H3. The van der Waals surface area contributed by atoms with Gasteiger partial charge in [0.15, 0.2) is 11.4 Å². The third kappa shape index (κ3) is 3.43. The van der Waals surface area contributed by atoms with Gasteiger partial charge >= 0.3 is 15.6 Å². The number of hydrogen-bond donors (Lipinski definition) is 0. The molecule has 0 radical (unpaired) electrons. The van der Waals surface area contributed by atoms with E-state index in [1.165, 1.54) is 18.0 Å². The van der Waals surface area contributed by atoms with Gasteiger partial charge in [-0.2, -0.15) is 26.7 Å². The quantitative estimate of drug-likeness (QED) is 0.495. The number of ether oxygens (including phenoxy) is 1. The normalized spacial score (nSPS) is 12.3. The molecular formula is C15H12F3N3O4S. The van der Waals surface area contributed by atoms with Crippen molar-refractivity contribution in [3.05, 3.63) is 48.3 Å². The fourth-order valence-corrected chi connectivity index (χ4v) is 2.69. The van der Waals surface area contributed by atoms with E-state index in [0.29, 0.717) is 5.75 Å². The van der Waals surface area contributed by atoms with Crippen molar-refractivity contribution in [2.24, 2.45) is 0 Å². The van der Waals surface area contributed by atoms with Crippen LogP contribution in [0.1, 0.15) is 5.56 Å². The van der Waals surface area contributed by atoms with Crippen molar-refractivity contribution in [1.82, 2.24) is 14.8 Å². The van der Waals surface area contributed by atoms with Gasteiger partial charge in [-0.1, -0.05) is 12.1 Å². The van der Waals surface area contributed by atoms with Crippen molar-refractivity contribution in [3.8, 4) is 11.5 Å². The largest absolute Gasteiger partial charge is 0.534 e. The number of nitrogens with zero attached hydrogens (tertiary/aromatic N) is 3. The zero-order chi connectivity index (χ0) is 18.9. The van der Waals surface area contributed by atoms with Crippen molar-refractivity contribution in [1.29, 1.82) is 0 Å². The summed E-state index contributed by atoms with van der Waals surface area (Å²) in [6, 6.07) is 8.12. The molecule has 2 aromatic heterocycles. The van der Waals surface area contributed by atoms with Crippen LogP contribution >= 0.6 is 0 Å². The minimum atomic E-state index is -5.78. The lowest BCUT2D eigenvalue weighted by atomic mass is 10.2. The van der Waals surface area contributed by atoms with Crippen molar-refractivity contribution in [2.45, 2.75) is 12.1 Å². The molecule has 138 valence electrons. The Labute approximate surface area is 146 Å². The third-order valence-corrected chi connectivity index (χ3v) is 4.44. The Hall–Kier alpha value is -2.82. The molecule has 0 spiro atoms. The molecule has 0 N–H and O–H groups in total. The molecule has 0 aliphatic rings. The topological polar surface area (TPSA) is 83.3 Å². The molecule has 7 nitrogen and oxygen atoms in total. The zero-order valence-electron chi connectivity index (χ0n) is 13.3. The highest BCUT2D eigenvalue weighted by Gasteiger charge is 2.48. The molecule has 0 aliphatic heterocycles. The van der Waals surface area contributed by atoms with E-state index < -0.39 is 21.4 Å². The van der Waals surface area contributed by atoms with Crippen LogP contribution in [0.25, 0.3) is 11.0 Å². The average molecular weight is 387 g/mol. The van der Waals surface area contributed by atoms with Crippen molar-refractivity contribution < 1.29 is 30.5 Å². The first-order valence-corrected chi connectivity index (χ1v) is 8.56. The monoisotopic (exact) mass is 387 g/mol. The van der Waals surface area contributed by atoms with Gasteiger partial charge in [0, 0.05) is 12.3 Å². The fraction of sp³-hybridized carbons (Fsp3) is 0.200. The summed E-state index contributed by atoms with van der Waals surface area (Å²) in [7, 11) is -4.24. The number of methoxy groups -OCH3 is 1. The smallest absolute Gasteiger partial charge is 0.497 e. The SMILES string of the molecule is COc1ccc(Cn2ncc3c(OS(=O)(=O)C(F)(F)F)ccnc32)cc1. The second-order valence-corrected chi connectivity index (χ2v) is 6.72. The molecule has 0 saturated heterocycles. The minimum absolute atomic E-state index is 0.0498. The second kappa shape index (κ2) is 6.48. The van der Waals surface area contributed by atoms with Gasteiger partial charge in [0.2, 0.25) is 0 Å². The van der Waals surface area contributed by atoms with Crippen LogP contribution in [0.2, 0.25) is 0 Å². The number of halogens is 3. The van der Waals surface area contributed by atoms with Gasteiger partial charge < -0.3 is 8.92 Å². The third-order valence-electron chi connectivity index (χ3n) is 3.47. The first-order chi connectivity index (χ1) is 12.2. The molecule has 0 bridgehead atoms. The van der Waals surface area contributed by atoms with Crippen LogP contribution in [0.4, 0.5) is 13.2 Å². The van der Waals surface area contributed by atoms with Gasteiger partial charge in [0.1, 0.15) is 5.75 Å². The molecule has 0 fully saturated rings. The molecular weight excluding hydrogens is 375 g/mol. The summed E-state index contributed by atoms with van der Waals surface area (Å²) in [6.07, 6.45) is 2.35. The molecule has 0 amide bonds. The summed E-state index contributed by atoms with van der Waals surface area (Å²) in [5.41, 5.74) is -4.50. The minimum Gasteiger partial charge on any atom is -0.497 e. The highest BCUT2D eigenvalue weighted by Crippen LogP contribution is 2.31. The van der Waals surface area contributed by atoms with Crippen LogP contribution in [0.15, 0.2) is 42.7 Å². The van der Waals surface area contributed by atoms with E-state index in [2.05, 4.69) is 14.3 Å². The summed E-state index contributed by atoms with van der Waals surface area (Å²) in [6.45, 7) is 0.274. The van der Waals surface area contributed by atoms with Gasteiger partial charge in [-0.3, -0.25) is 0 Å². The van der Waals surface area contributed by atoms with Gasteiger partial charge in [0.05, 0.1) is 25.2 Å².